The SMILES string of the molecule is Cc1ccc(Cl)cc1N(C)CCCN. The fourth-order valence-corrected chi connectivity index (χ4v) is 1.61. The molecular weight excluding hydrogens is 196 g/mol. The zero-order chi connectivity index (χ0) is 10.6. The molecule has 0 unspecified atom stereocenters. The first-order valence-electron chi connectivity index (χ1n) is 4.82. The van der Waals surface area contributed by atoms with Crippen molar-refractivity contribution in [2.75, 3.05) is 25.0 Å². The van der Waals surface area contributed by atoms with Crippen molar-refractivity contribution in [3.05, 3.63) is 28.8 Å². The second kappa shape index (κ2) is 5.23. The Kier molecular flexibility index (Phi) is 4.23. The van der Waals surface area contributed by atoms with Gasteiger partial charge in [0.05, 0.1) is 0 Å². The number of aryl methyl sites for hydroxylation is 1. The first kappa shape index (κ1) is 11.3. The summed E-state index contributed by atoms with van der Waals surface area (Å²) in [5, 5.41) is 0.783. The zero-order valence-electron chi connectivity index (χ0n) is 8.76. The van der Waals surface area contributed by atoms with Gasteiger partial charge in [0.25, 0.3) is 0 Å². The van der Waals surface area contributed by atoms with Crippen molar-refractivity contribution in [1.82, 2.24) is 0 Å². The van der Waals surface area contributed by atoms with E-state index >= 15 is 0 Å². The summed E-state index contributed by atoms with van der Waals surface area (Å²) in [6, 6.07) is 5.95. The third-order valence-corrected chi connectivity index (χ3v) is 2.52. The van der Waals surface area contributed by atoms with Crippen molar-refractivity contribution in [2.45, 2.75) is 13.3 Å². The van der Waals surface area contributed by atoms with Crippen molar-refractivity contribution < 1.29 is 0 Å². The molecule has 0 aliphatic rings. The molecule has 0 saturated heterocycles. The Morgan fingerprint density at radius 2 is 2.14 bits per heavy atom. The van der Waals surface area contributed by atoms with Gasteiger partial charge in [0.15, 0.2) is 0 Å². The average molecular weight is 213 g/mol. The van der Waals surface area contributed by atoms with Crippen LogP contribution in [0, 0.1) is 6.92 Å². The Bertz CT molecular complexity index is 299. The lowest BCUT2D eigenvalue weighted by Crippen LogP contribution is -2.21. The van der Waals surface area contributed by atoms with E-state index in [4.69, 9.17) is 17.3 Å². The summed E-state index contributed by atoms with van der Waals surface area (Å²) in [6.45, 7) is 3.78. The first-order chi connectivity index (χ1) is 6.65. The minimum atomic E-state index is 0.726. The predicted molar refractivity (Wildman–Crippen MR) is 63.1 cm³/mol. The lowest BCUT2D eigenvalue weighted by Gasteiger charge is -2.21. The Balaban J connectivity index is 2.77. The highest BCUT2D eigenvalue weighted by atomic mass is 35.5. The van der Waals surface area contributed by atoms with Gasteiger partial charge in [-0.05, 0) is 37.6 Å². The van der Waals surface area contributed by atoms with E-state index in [0.29, 0.717) is 0 Å². The fraction of sp³-hybridized carbons (Fsp3) is 0.455. The standard InChI is InChI=1S/C11H17ClN2/c1-9-4-5-10(12)8-11(9)14(2)7-3-6-13/h4-5,8H,3,6-7,13H2,1-2H3. The number of benzene rings is 1. The summed E-state index contributed by atoms with van der Waals surface area (Å²) in [5.74, 6) is 0. The predicted octanol–water partition coefficient (Wildman–Crippen LogP) is 2.43. The maximum atomic E-state index is 5.94. The van der Waals surface area contributed by atoms with Gasteiger partial charge in [0.2, 0.25) is 0 Å². The number of anilines is 1. The molecule has 0 spiro atoms. The van der Waals surface area contributed by atoms with E-state index in [1.54, 1.807) is 0 Å². The highest BCUT2D eigenvalue weighted by Gasteiger charge is 2.04. The van der Waals surface area contributed by atoms with Crippen LogP contribution in [0.25, 0.3) is 0 Å². The van der Waals surface area contributed by atoms with E-state index in [1.165, 1.54) is 11.3 Å². The van der Waals surface area contributed by atoms with Crippen molar-refractivity contribution in [3.8, 4) is 0 Å². The van der Waals surface area contributed by atoms with Crippen LogP contribution in [0.15, 0.2) is 18.2 Å². The van der Waals surface area contributed by atoms with Gasteiger partial charge in [-0.25, -0.2) is 0 Å². The van der Waals surface area contributed by atoms with Gasteiger partial charge in [-0.2, -0.15) is 0 Å². The summed E-state index contributed by atoms with van der Waals surface area (Å²) in [4.78, 5) is 2.19. The lowest BCUT2D eigenvalue weighted by atomic mass is 10.2. The summed E-state index contributed by atoms with van der Waals surface area (Å²) >= 11 is 5.94. The van der Waals surface area contributed by atoms with E-state index in [-0.39, 0.29) is 0 Å². The number of nitrogens with two attached hydrogens (primary N) is 1. The summed E-state index contributed by atoms with van der Waals surface area (Å²) in [7, 11) is 2.06. The van der Waals surface area contributed by atoms with Crippen LogP contribution in [0.5, 0.6) is 0 Å². The molecule has 3 heteroatoms. The molecule has 2 N–H and O–H groups in total. The second-order valence-corrected chi connectivity index (χ2v) is 3.93. The highest BCUT2D eigenvalue weighted by molar-refractivity contribution is 6.30. The van der Waals surface area contributed by atoms with Crippen molar-refractivity contribution in [3.63, 3.8) is 0 Å². The normalized spacial score (nSPS) is 10.3. The summed E-state index contributed by atoms with van der Waals surface area (Å²) in [6.07, 6.45) is 1.00. The minimum Gasteiger partial charge on any atom is -0.374 e. The third kappa shape index (κ3) is 2.89. The molecule has 2 nitrogen and oxygen atoms in total. The van der Waals surface area contributed by atoms with Gasteiger partial charge in [0.1, 0.15) is 0 Å². The maximum absolute atomic E-state index is 5.94. The zero-order valence-corrected chi connectivity index (χ0v) is 9.51. The summed E-state index contributed by atoms with van der Waals surface area (Å²) in [5.41, 5.74) is 7.90. The molecule has 0 aromatic heterocycles. The van der Waals surface area contributed by atoms with Crippen LogP contribution in [-0.2, 0) is 0 Å². The molecule has 0 fully saturated rings. The van der Waals surface area contributed by atoms with Gasteiger partial charge >= 0.3 is 0 Å². The Labute approximate surface area is 90.7 Å². The van der Waals surface area contributed by atoms with Crippen LogP contribution in [0.4, 0.5) is 5.69 Å². The average Bonchev–Trinajstić information content (AvgIpc) is 2.18. The van der Waals surface area contributed by atoms with Crippen molar-refractivity contribution >= 4 is 17.3 Å². The van der Waals surface area contributed by atoms with Gasteiger partial charge in [-0.1, -0.05) is 17.7 Å². The molecule has 0 aliphatic carbocycles. The fourth-order valence-electron chi connectivity index (χ4n) is 1.44. The quantitative estimate of drug-likeness (QED) is 0.831. The Hall–Kier alpha value is -0.730. The molecular formula is C11H17ClN2. The molecule has 1 aromatic rings. The van der Waals surface area contributed by atoms with Crippen LogP contribution in [-0.4, -0.2) is 20.1 Å². The Morgan fingerprint density at radius 3 is 2.79 bits per heavy atom. The van der Waals surface area contributed by atoms with Gasteiger partial charge in [-0.15, -0.1) is 0 Å². The van der Waals surface area contributed by atoms with Gasteiger partial charge in [0, 0.05) is 24.3 Å². The number of hydrogen-bond acceptors (Lipinski definition) is 2. The van der Waals surface area contributed by atoms with Gasteiger partial charge in [-0.3, -0.25) is 0 Å². The molecule has 0 aliphatic heterocycles. The van der Waals surface area contributed by atoms with Crippen molar-refractivity contribution in [1.29, 1.82) is 0 Å². The second-order valence-electron chi connectivity index (χ2n) is 3.49. The molecule has 1 rings (SSSR count). The van der Waals surface area contributed by atoms with E-state index in [1.807, 2.05) is 18.2 Å². The van der Waals surface area contributed by atoms with E-state index in [2.05, 4.69) is 18.9 Å². The summed E-state index contributed by atoms with van der Waals surface area (Å²) < 4.78 is 0. The largest absolute Gasteiger partial charge is 0.374 e. The first-order valence-corrected chi connectivity index (χ1v) is 5.20. The van der Waals surface area contributed by atoms with E-state index < -0.39 is 0 Å². The number of rotatable bonds is 4. The lowest BCUT2D eigenvalue weighted by molar-refractivity contribution is 0.794. The highest BCUT2D eigenvalue weighted by Crippen LogP contribution is 2.23. The number of hydrogen-bond donors (Lipinski definition) is 1. The molecule has 0 saturated carbocycles. The van der Waals surface area contributed by atoms with Gasteiger partial charge < -0.3 is 10.6 Å². The van der Waals surface area contributed by atoms with Crippen LogP contribution < -0.4 is 10.6 Å². The van der Waals surface area contributed by atoms with Crippen molar-refractivity contribution in [2.24, 2.45) is 5.73 Å². The maximum Gasteiger partial charge on any atom is 0.0426 e. The molecule has 0 amide bonds. The van der Waals surface area contributed by atoms with E-state index in [0.717, 1.165) is 24.5 Å². The monoisotopic (exact) mass is 212 g/mol. The van der Waals surface area contributed by atoms with E-state index in [9.17, 15) is 0 Å². The molecule has 14 heavy (non-hydrogen) atoms. The third-order valence-electron chi connectivity index (χ3n) is 2.28. The number of nitrogens with zero attached hydrogens (tertiary/aromatic N) is 1. The topological polar surface area (TPSA) is 29.3 Å². The number of halogens is 1. The molecule has 0 bridgehead atoms. The van der Waals surface area contributed by atoms with Crippen LogP contribution in [0.3, 0.4) is 0 Å². The van der Waals surface area contributed by atoms with Crippen LogP contribution >= 0.6 is 11.6 Å². The molecule has 0 atom stereocenters. The molecule has 78 valence electrons. The smallest absolute Gasteiger partial charge is 0.0426 e. The van der Waals surface area contributed by atoms with Crippen LogP contribution in [0.1, 0.15) is 12.0 Å². The molecule has 0 heterocycles. The molecule has 0 radical (unpaired) electrons. The molecule has 1 aromatic carbocycles. The Morgan fingerprint density at radius 1 is 1.43 bits per heavy atom. The van der Waals surface area contributed by atoms with Crippen LogP contribution in [0.2, 0.25) is 5.02 Å². The minimum absolute atomic E-state index is 0.726.